The number of thioether (sulfide) groups is 1. The molecule has 2 aliphatic heterocycles. The lowest BCUT2D eigenvalue weighted by Crippen LogP contribution is -2.70. The number of aliphatic carboxylic acids is 1. The molecular weight excluding hydrogens is 422 g/mol. The van der Waals surface area contributed by atoms with Gasteiger partial charge in [0.1, 0.15) is 29.4 Å². The molecule has 3 rings (SSSR count). The molecule has 30 heavy (non-hydrogen) atoms. The molecule has 3 heterocycles. The number of carboxylic acids is 1. The number of amides is 2. The van der Waals surface area contributed by atoms with Gasteiger partial charge in [-0.05, 0) is 6.92 Å². The molecule has 1 aromatic rings. The molecule has 2 aliphatic rings. The van der Waals surface area contributed by atoms with E-state index in [0.717, 1.165) is 4.90 Å². The Morgan fingerprint density at radius 1 is 1.43 bits per heavy atom. The maximum atomic E-state index is 12.6. The van der Waals surface area contributed by atoms with Crippen molar-refractivity contribution in [2.45, 2.75) is 25.3 Å². The van der Waals surface area contributed by atoms with Crippen LogP contribution in [0.2, 0.25) is 0 Å². The van der Waals surface area contributed by atoms with Crippen LogP contribution in [0.4, 0.5) is 5.69 Å². The molecule has 13 nitrogen and oxygen atoms in total. The second kappa shape index (κ2) is 7.78. The lowest BCUT2D eigenvalue weighted by Gasteiger charge is -2.49. The van der Waals surface area contributed by atoms with Gasteiger partial charge in [-0.2, -0.15) is 5.10 Å². The second-order valence-electron chi connectivity index (χ2n) is 6.56. The second-order valence-corrected chi connectivity index (χ2v) is 7.67. The molecular formula is C16H17N5O8S. The van der Waals surface area contributed by atoms with Crippen LogP contribution in [0.15, 0.2) is 11.3 Å². The SMILES string of the molecule is CC(=O)OCC1=C(C(=O)O)N2C(=O)[C@H](NC(=O)c3nn(C)c(C)c3[N+](=O)[O-])[C@@H]2SC1. The first-order valence-corrected chi connectivity index (χ1v) is 9.61. The third kappa shape index (κ3) is 3.49. The van der Waals surface area contributed by atoms with Gasteiger partial charge < -0.3 is 15.2 Å². The lowest BCUT2D eigenvalue weighted by molar-refractivity contribution is -0.385. The predicted molar refractivity (Wildman–Crippen MR) is 100 cm³/mol. The van der Waals surface area contributed by atoms with E-state index in [4.69, 9.17) is 4.74 Å². The van der Waals surface area contributed by atoms with Crippen LogP contribution in [-0.4, -0.2) is 72.2 Å². The first-order valence-electron chi connectivity index (χ1n) is 8.56. The fourth-order valence-corrected chi connectivity index (χ4v) is 4.49. The summed E-state index contributed by atoms with van der Waals surface area (Å²) in [6.07, 6.45) is 0. The highest BCUT2D eigenvalue weighted by atomic mass is 32.2. The third-order valence-corrected chi connectivity index (χ3v) is 6.03. The van der Waals surface area contributed by atoms with Crippen molar-refractivity contribution in [3.8, 4) is 0 Å². The Morgan fingerprint density at radius 2 is 2.10 bits per heavy atom. The minimum Gasteiger partial charge on any atom is -0.477 e. The molecule has 0 unspecified atom stereocenters. The van der Waals surface area contributed by atoms with Crippen LogP contribution in [0.3, 0.4) is 0 Å². The smallest absolute Gasteiger partial charge is 0.352 e. The quantitative estimate of drug-likeness (QED) is 0.256. The maximum Gasteiger partial charge on any atom is 0.352 e. The van der Waals surface area contributed by atoms with E-state index in [1.807, 2.05) is 0 Å². The summed E-state index contributed by atoms with van der Waals surface area (Å²) in [6, 6.07) is -1.07. The summed E-state index contributed by atoms with van der Waals surface area (Å²) in [4.78, 5) is 59.4. The van der Waals surface area contributed by atoms with Crippen LogP contribution < -0.4 is 5.32 Å². The lowest BCUT2D eigenvalue weighted by atomic mass is 10.0. The number of carboxylic acid groups (broad SMARTS) is 1. The molecule has 1 fully saturated rings. The average molecular weight is 439 g/mol. The van der Waals surface area contributed by atoms with Crippen molar-refractivity contribution in [3.05, 3.63) is 32.8 Å². The summed E-state index contributed by atoms with van der Waals surface area (Å²) in [5.41, 5.74) is -0.769. The third-order valence-electron chi connectivity index (χ3n) is 4.69. The van der Waals surface area contributed by atoms with E-state index in [0.29, 0.717) is 0 Å². The number of esters is 1. The first-order chi connectivity index (χ1) is 14.0. The summed E-state index contributed by atoms with van der Waals surface area (Å²) >= 11 is 1.18. The number of rotatable bonds is 6. The molecule has 0 radical (unpaired) electrons. The molecule has 1 saturated heterocycles. The summed E-state index contributed by atoms with van der Waals surface area (Å²) in [7, 11) is 1.45. The number of aromatic nitrogens is 2. The number of carbonyl (C=O) groups excluding carboxylic acids is 3. The zero-order valence-electron chi connectivity index (χ0n) is 16.1. The van der Waals surface area contributed by atoms with Gasteiger partial charge >= 0.3 is 17.6 Å². The van der Waals surface area contributed by atoms with Gasteiger partial charge in [0.2, 0.25) is 5.69 Å². The van der Waals surface area contributed by atoms with Crippen molar-refractivity contribution in [3.63, 3.8) is 0 Å². The number of hydrogen-bond donors (Lipinski definition) is 2. The van der Waals surface area contributed by atoms with Gasteiger partial charge in [0.15, 0.2) is 0 Å². The largest absolute Gasteiger partial charge is 0.477 e. The van der Waals surface area contributed by atoms with Crippen molar-refractivity contribution in [2.24, 2.45) is 7.05 Å². The minimum absolute atomic E-state index is 0.165. The van der Waals surface area contributed by atoms with E-state index in [9.17, 15) is 34.4 Å². The molecule has 2 amide bonds. The molecule has 160 valence electrons. The van der Waals surface area contributed by atoms with E-state index in [1.54, 1.807) is 0 Å². The van der Waals surface area contributed by atoms with E-state index >= 15 is 0 Å². The fraction of sp³-hybridized carbons (Fsp3) is 0.438. The van der Waals surface area contributed by atoms with Crippen LogP contribution in [-0.2, 0) is 26.2 Å². The Balaban J connectivity index is 1.81. The van der Waals surface area contributed by atoms with Gasteiger partial charge in [0.05, 0.1) is 4.92 Å². The topological polar surface area (TPSA) is 174 Å². The number of nitrogens with one attached hydrogen (secondary N) is 1. The Kier molecular flexibility index (Phi) is 5.52. The van der Waals surface area contributed by atoms with Gasteiger partial charge in [-0.25, -0.2) is 4.79 Å². The highest BCUT2D eigenvalue weighted by Gasteiger charge is 2.54. The van der Waals surface area contributed by atoms with E-state index < -0.39 is 51.5 Å². The number of β-lactam (4-membered cyclic amide) rings is 1. The van der Waals surface area contributed by atoms with Crippen LogP contribution in [0.25, 0.3) is 0 Å². The number of fused-ring (bicyclic) bond motifs is 1. The standard InChI is InChI=1S/C16H17N5O8S/c1-6-11(21(27)28)9(18-19(6)3)13(23)17-10-14(24)20-12(16(25)26)8(4-29-7(2)22)5-30-15(10)20/h10,15H,4-5H2,1-3H3,(H,17,23)(H,25,26)/t10-,15-/m0/s1. The number of hydrogen-bond acceptors (Lipinski definition) is 9. The maximum absolute atomic E-state index is 12.6. The normalized spacial score (nSPS) is 20.4. The van der Waals surface area contributed by atoms with Crippen LogP contribution in [0, 0.1) is 17.0 Å². The average Bonchev–Trinajstić information content (AvgIpc) is 2.98. The highest BCUT2D eigenvalue weighted by Crippen LogP contribution is 2.40. The Labute approximate surface area is 173 Å². The van der Waals surface area contributed by atoms with Crippen molar-refractivity contribution >= 4 is 41.2 Å². The summed E-state index contributed by atoms with van der Waals surface area (Å²) in [6.45, 7) is 2.35. The number of ether oxygens (including phenoxy) is 1. The molecule has 2 atom stereocenters. The first kappa shape index (κ1) is 21.3. The molecule has 0 bridgehead atoms. The van der Waals surface area contributed by atoms with E-state index in [2.05, 4.69) is 10.4 Å². The molecule has 0 spiro atoms. The van der Waals surface area contributed by atoms with Crippen LogP contribution in [0.5, 0.6) is 0 Å². The Hall–Kier alpha value is -3.42. The highest BCUT2D eigenvalue weighted by molar-refractivity contribution is 8.00. The summed E-state index contributed by atoms with van der Waals surface area (Å²) < 4.78 is 6.03. The van der Waals surface area contributed by atoms with Crippen molar-refractivity contribution in [2.75, 3.05) is 12.4 Å². The predicted octanol–water partition coefficient (Wildman–Crippen LogP) is -0.448. The molecule has 0 aliphatic carbocycles. The van der Waals surface area contributed by atoms with Crippen molar-refractivity contribution in [1.82, 2.24) is 20.0 Å². The molecule has 14 heteroatoms. The van der Waals surface area contributed by atoms with E-state index in [1.165, 1.54) is 37.3 Å². The zero-order valence-corrected chi connectivity index (χ0v) is 16.9. The van der Waals surface area contributed by atoms with Crippen LogP contribution in [0.1, 0.15) is 23.1 Å². The molecule has 0 saturated carbocycles. The Morgan fingerprint density at radius 3 is 2.67 bits per heavy atom. The summed E-state index contributed by atoms with van der Waals surface area (Å²) in [5, 5.41) is 26.3. The number of nitro groups is 1. The van der Waals surface area contributed by atoms with Gasteiger partial charge in [0.25, 0.3) is 11.8 Å². The fourth-order valence-electron chi connectivity index (χ4n) is 3.16. The number of aryl methyl sites for hydroxylation is 1. The van der Waals surface area contributed by atoms with E-state index in [-0.39, 0.29) is 29.3 Å². The zero-order chi connectivity index (χ0) is 22.3. The van der Waals surface area contributed by atoms with Crippen molar-refractivity contribution < 1.29 is 33.9 Å². The molecule has 1 aromatic heterocycles. The van der Waals surface area contributed by atoms with Gasteiger partial charge in [-0.15, -0.1) is 11.8 Å². The summed E-state index contributed by atoms with van der Waals surface area (Å²) in [5.74, 6) is -3.38. The number of carbonyl (C=O) groups is 4. The number of nitrogens with zero attached hydrogens (tertiary/aromatic N) is 4. The van der Waals surface area contributed by atoms with Gasteiger partial charge in [-0.3, -0.25) is 34.1 Å². The molecule has 2 N–H and O–H groups in total. The van der Waals surface area contributed by atoms with Crippen LogP contribution >= 0.6 is 11.8 Å². The van der Waals surface area contributed by atoms with Crippen molar-refractivity contribution in [1.29, 1.82) is 0 Å². The molecule has 0 aromatic carbocycles. The monoisotopic (exact) mass is 439 g/mol. The van der Waals surface area contributed by atoms with Gasteiger partial charge in [0, 0.05) is 25.3 Å². The Bertz CT molecular complexity index is 1020. The van der Waals surface area contributed by atoms with Gasteiger partial charge in [-0.1, -0.05) is 0 Å². The minimum atomic E-state index is -1.36.